The monoisotopic (exact) mass is 555 g/mol. The second-order valence-corrected chi connectivity index (χ2v) is 11.0. The summed E-state index contributed by atoms with van der Waals surface area (Å²) < 4.78 is 19.2. The van der Waals surface area contributed by atoms with E-state index in [1.54, 1.807) is 7.11 Å². The summed E-state index contributed by atoms with van der Waals surface area (Å²) in [5.41, 5.74) is 5.87. The first-order valence-electron chi connectivity index (χ1n) is 14.3. The van der Waals surface area contributed by atoms with Crippen molar-refractivity contribution in [1.29, 1.82) is 0 Å². The van der Waals surface area contributed by atoms with E-state index in [1.807, 2.05) is 59.9 Å². The molecule has 2 aromatic heterocycles. The van der Waals surface area contributed by atoms with Gasteiger partial charge < -0.3 is 24.0 Å². The Balaban J connectivity index is 1.21. The van der Waals surface area contributed by atoms with Crippen LogP contribution in [0.1, 0.15) is 37.4 Å². The van der Waals surface area contributed by atoms with Gasteiger partial charge in [0.25, 0.3) is 0 Å². The lowest BCUT2D eigenvalue weighted by atomic mass is 10.0. The number of aryl methyl sites for hydroxylation is 1. The molecule has 0 spiro atoms. The molecule has 9 heteroatoms. The van der Waals surface area contributed by atoms with Crippen molar-refractivity contribution in [2.24, 2.45) is 5.92 Å². The number of hydrogen-bond acceptors (Lipinski definition) is 7. The van der Waals surface area contributed by atoms with Crippen LogP contribution in [0.2, 0.25) is 0 Å². The molecule has 4 heterocycles. The molecule has 3 unspecified atom stereocenters. The first-order chi connectivity index (χ1) is 19.9. The molecule has 0 saturated carbocycles. The normalized spacial score (nSPS) is 19.0. The van der Waals surface area contributed by atoms with E-state index in [1.165, 1.54) is 5.69 Å². The van der Waals surface area contributed by atoms with Crippen LogP contribution in [0.4, 0.5) is 5.69 Å². The van der Waals surface area contributed by atoms with Gasteiger partial charge in [-0.1, -0.05) is 24.3 Å². The number of fused-ring (bicyclic) bond motifs is 1. The molecule has 0 radical (unpaired) electrons. The first kappa shape index (κ1) is 27.1. The van der Waals surface area contributed by atoms with Crippen LogP contribution >= 0.6 is 0 Å². The van der Waals surface area contributed by atoms with Gasteiger partial charge in [-0.15, -0.1) is 0 Å². The summed E-state index contributed by atoms with van der Waals surface area (Å²) in [5.74, 6) is 1.53. The van der Waals surface area contributed by atoms with E-state index >= 15 is 0 Å². The molecule has 214 valence electrons. The summed E-state index contributed by atoms with van der Waals surface area (Å²) in [6.07, 6.45) is 4.01. The highest BCUT2D eigenvalue weighted by molar-refractivity contribution is 5.79. The van der Waals surface area contributed by atoms with Gasteiger partial charge in [-0.05, 0) is 50.6 Å². The van der Waals surface area contributed by atoms with Crippen molar-refractivity contribution in [2.75, 3.05) is 44.9 Å². The number of hydrogen-bond donors (Lipinski definition) is 0. The second-order valence-electron chi connectivity index (χ2n) is 11.0. The highest BCUT2D eigenvalue weighted by atomic mass is 16.5. The third-order valence-electron chi connectivity index (χ3n) is 8.40. The maximum Gasteiger partial charge on any atom is 0.241 e. The van der Waals surface area contributed by atoms with Gasteiger partial charge in [0.05, 0.1) is 44.5 Å². The zero-order chi connectivity index (χ0) is 28.5. The number of ether oxygens (including phenoxy) is 3. The Morgan fingerprint density at radius 1 is 1.02 bits per heavy atom. The molecule has 0 N–H and O–H groups in total. The third-order valence-corrected chi connectivity index (χ3v) is 8.40. The van der Waals surface area contributed by atoms with Crippen molar-refractivity contribution in [1.82, 2.24) is 19.5 Å². The van der Waals surface area contributed by atoms with Gasteiger partial charge in [-0.2, -0.15) is 5.10 Å². The van der Waals surface area contributed by atoms with E-state index in [9.17, 15) is 4.79 Å². The number of aromatic nitrogens is 3. The van der Waals surface area contributed by atoms with Crippen LogP contribution in [-0.4, -0.2) is 71.5 Å². The van der Waals surface area contributed by atoms with Crippen LogP contribution in [0, 0.1) is 12.8 Å². The number of benzene rings is 2. The Morgan fingerprint density at radius 2 is 1.76 bits per heavy atom. The van der Waals surface area contributed by atoms with E-state index in [0.29, 0.717) is 18.8 Å². The molecule has 0 bridgehead atoms. The SMILES string of the molecule is COc1ccc(C(C)N2CC(C(C)Oc3nc(-c4ccc(N5CCOCC5)cc4)cn4ncc(C)c34)CC2=O)cc1. The maximum absolute atomic E-state index is 13.1. The van der Waals surface area contributed by atoms with E-state index in [4.69, 9.17) is 19.2 Å². The molecule has 6 rings (SSSR count). The summed E-state index contributed by atoms with van der Waals surface area (Å²) >= 11 is 0. The Bertz CT molecular complexity index is 1510. The van der Waals surface area contributed by atoms with Crippen LogP contribution < -0.4 is 14.4 Å². The van der Waals surface area contributed by atoms with Crippen LogP contribution in [0.5, 0.6) is 11.6 Å². The van der Waals surface area contributed by atoms with Crippen molar-refractivity contribution in [3.8, 4) is 22.9 Å². The summed E-state index contributed by atoms with van der Waals surface area (Å²) in [6, 6.07) is 16.3. The largest absolute Gasteiger partial charge is 0.497 e. The molecule has 2 fully saturated rings. The van der Waals surface area contributed by atoms with E-state index in [0.717, 1.165) is 60.0 Å². The summed E-state index contributed by atoms with van der Waals surface area (Å²) in [4.78, 5) is 22.3. The van der Waals surface area contributed by atoms with Gasteiger partial charge >= 0.3 is 0 Å². The minimum atomic E-state index is -0.212. The predicted octanol–water partition coefficient (Wildman–Crippen LogP) is 4.93. The zero-order valence-electron chi connectivity index (χ0n) is 24.1. The molecule has 3 atom stereocenters. The Morgan fingerprint density at radius 3 is 2.46 bits per heavy atom. The molecule has 1 amide bonds. The number of rotatable bonds is 8. The quantitative estimate of drug-likeness (QED) is 0.305. The fraction of sp³-hybridized carbons (Fsp3) is 0.406. The number of anilines is 1. The Labute approximate surface area is 240 Å². The van der Waals surface area contributed by atoms with E-state index in [2.05, 4.69) is 41.2 Å². The fourth-order valence-electron chi connectivity index (χ4n) is 5.79. The topological polar surface area (TPSA) is 81.4 Å². The Hall–Kier alpha value is -4.11. The molecular weight excluding hydrogens is 518 g/mol. The summed E-state index contributed by atoms with van der Waals surface area (Å²) in [6.45, 7) is 10.0. The summed E-state index contributed by atoms with van der Waals surface area (Å²) in [5, 5.41) is 4.56. The van der Waals surface area contributed by atoms with Gasteiger partial charge in [-0.25, -0.2) is 9.50 Å². The van der Waals surface area contributed by atoms with Crippen LogP contribution in [0.25, 0.3) is 16.8 Å². The lowest BCUT2D eigenvalue weighted by molar-refractivity contribution is -0.129. The smallest absolute Gasteiger partial charge is 0.241 e. The lowest BCUT2D eigenvalue weighted by Crippen LogP contribution is -2.36. The van der Waals surface area contributed by atoms with Crippen molar-refractivity contribution < 1.29 is 19.0 Å². The highest BCUT2D eigenvalue weighted by Gasteiger charge is 2.37. The van der Waals surface area contributed by atoms with Gasteiger partial charge in [-0.3, -0.25) is 4.79 Å². The average molecular weight is 556 g/mol. The number of methoxy groups -OCH3 is 1. The average Bonchev–Trinajstić information content (AvgIpc) is 3.59. The van der Waals surface area contributed by atoms with Gasteiger partial charge in [0, 0.05) is 48.8 Å². The molecular formula is C32H37N5O4. The van der Waals surface area contributed by atoms with Crippen LogP contribution in [0.15, 0.2) is 60.9 Å². The van der Waals surface area contributed by atoms with Crippen LogP contribution in [-0.2, 0) is 9.53 Å². The molecule has 0 aliphatic carbocycles. The number of likely N-dealkylation sites (tertiary alicyclic amines) is 1. The number of carbonyl (C=O) groups is 1. The standard InChI is InChI=1S/C32H37N5O4/c1-21-18-33-37-20-29(25-5-9-27(10-6-25)35-13-15-40-16-14-35)34-32(31(21)37)41-23(3)26-17-30(38)36(19-26)22(2)24-7-11-28(39-4)12-8-24/h5-12,18,20,22-23,26H,13-17,19H2,1-4H3. The molecule has 4 aromatic rings. The van der Waals surface area contributed by atoms with Crippen molar-refractivity contribution in [2.45, 2.75) is 39.3 Å². The van der Waals surface area contributed by atoms with Gasteiger partial charge in [0.15, 0.2) is 0 Å². The number of morpholine rings is 1. The fourth-order valence-corrected chi connectivity index (χ4v) is 5.79. The van der Waals surface area contributed by atoms with E-state index in [-0.39, 0.29) is 24.0 Å². The predicted molar refractivity (Wildman–Crippen MR) is 158 cm³/mol. The Kier molecular flexibility index (Phi) is 7.53. The van der Waals surface area contributed by atoms with Gasteiger partial charge in [0.2, 0.25) is 11.8 Å². The molecule has 2 saturated heterocycles. The summed E-state index contributed by atoms with van der Waals surface area (Å²) in [7, 11) is 1.65. The third kappa shape index (κ3) is 5.46. The highest BCUT2D eigenvalue weighted by Crippen LogP contribution is 2.34. The van der Waals surface area contributed by atoms with Crippen molar-refractivity contribution in [3.63, 3.8) is 0 Å². The second kappa shape index (κ2) is 11.4. The number of amides is 1. The van der Waals surface area contributed by atoms with Crippen LogP contribution in [0.3, 0.4) is 0 Å². The minimum absolute atomic E-state index is 0.0312. The van der Waals surface area contributed by atoms with Gasteiger partial charge in [0.1, 0.15) is 17.4 Å². The minimum Gasteiger partial charge on any atom is -0.497 e. The number of nitrogens with zero attached hydrogens (tertiary/aromatic N) is 5. The van der Waals surface area contributed by atoms with Crippen molar-refractivity contribution >= 4 is 17.1 Å². The molecule has 2 aliphatic rings. The molecule has 2 aliphatic heterocycles. The molecule has 2 aromatic carbocycles. The maximum atomic E-state index is 13.1. The lowest BCUT2D eigenvalue weighted by Gasteiger charge is -2.28. The zero-order valence-corrected chi connectivity index (χ0v) is 24.1. The first-order valence-corrected chi connectivity index (χ1v) is 14.3. The molecule has 41 heavy (non-hydrogen) atoms. The van der Waals surface area contributed by atoms with Crippen molar-refractivity contribution in [3.05, 3.63) is 72.1 Å². The molecule has 9 nitrogen and oxygen atoms in total. The van der Waals surface area contributed by atoms with E-state index < -0.39 is 0 Å². The number of carbonyl (C=O) groups excluding carboxylic acids is 1.